The van der Waals surface area contributed by atoms with Gasteiger partial charge in [0, 0.05) is 18.0 Å². The van der Waals surface area contributed by atoms with E-state index < -0.39 is 0 Å². The number of aromatic nitrogens is 3. The van der Waals surface area contributed by atoms with E-state index in [0.29, 0.717) is 34.2 Å². The summed E-state index contributed by atoms with van der Waals surface area (Å²) in [4.78, 5) is 4.38. The van der Waals surface area contributed by atoms with Crippen LogP contribution in [0.2, 0.25) is 0 Å². The van der Waals surface area contributed by atoms with Crippen LogP contribution >= 0.6 is 0 Å². The first-order valence-electron chi connectivity index (χ1n) is 9.09. The first-order valence-corrected chi connectivity index (χ1v) is 9.09. The highest BCUT2D eigenvalue weighted by atomic mass is 16.5. The fourth-order valence-corrected chi connectivity index (χ4v) is 3.52. The number of nitrogens with zero attached hydrogens (tertiary/aromatic N) is 4. The number of hydrogen-bond acceptors (Lipinski definition) is 6. The van der Waals surface area contributed by atoms with E-state index in [1.54, 1.807) is 34.6 Å². The van der Waals surface area contributed by atoms with Crippen molar-refractivity contribution in [1.29, 1.82) is 5.26 Å². The van der Waals surface area contributed by atoms with Gasteiger partial charge in [-0.05, 0) is 36.4 Å². The molecule has 0 aliphatic carbocycles. The van der Waals surface area contributed by atoms with Crippen LogP contribution in [0.1, 0.15) is 5.56 Å². The normalized spacial score (nSPS) is 10.6. The second kappa shape index (κ2) is 7.72. The zero-order valence-electron chi connectivity index (χ0n) is 17.0. The summed E-state index contributed by atoms with van der Waals surface area (Å²) in [5.74, 6) is 2.21. The summed E-state index contributed by atoms with van der Waals surface area (Å²) in [7, 11) is 6.28. The van der Waals surface area contributed by atoms with E-state index in [1.165, 1.54) is 0 Å². The summed E-state index contributed by atoms with van der Waals surface area (Å²) in [5, 5.41) is 9.97. The molecule has 4 rings (SSSR count). The lowest BCUT2D eigenvalue weighted by Crippen LogP contribution is -2.05. The predicted octanol–water partition coefficient (Wildman–Crippen LogP) is 3.70. The highest BCUT2D eigenvalue weighted by Crippen LogP contribution is 2.43. The van der Waals surface area contributed by atoms with Gasteiger partial charge in [0.15, 0.2) is 17.1 Å². The number of rotatable bonds is 6. The molecular weight excluding hydrogens is 384 g/mol. The molecule has 0 aliphatic rings. The molecule has 0 saturated carbocycles. The molecule has 8 nitrogen and oxygen atoms in total. The van der Waals surface area contributed by atoms with Crippen LogP contribution in [0.15, 0.2) is 48.8 Å². The monoisotopic (exact) mass is 404 g/mol. The van der Waals surface area contributed by atoms with Gasteiger partial charge in [-0.25, -0.2) is 14.2 Å². The van der Waals surface area contributed by atoms with E-state index >= 15 is 0 Å². The van der Waals surface area contributed by atoms with Crippen LogP contribution in [0, 0.1) is 11.3 Å². The van der Waals surface area contributed by atoms with Crippen LogP contribution < -0.4 is 18.9 Å². The fraction of sp³-hybridized carbons (Fsp3) is 0.182. The van der Waals surface area contributed by atoms with Crippen molar-refractivity contribution in [2.45, 2.75) is 0 Å². The van der Waals surface area contributed by atoms with Gasteiger partial charge in [-0.1, -0.05) is 0 Å². The maximum absolute atomic E-state index is 9.97. The van der Waals surface area contributed by atoms with Crippen molar-refractivity contribution in [3.63, 3.8) is 0 Å². The third-order valence-electron chi connectivity index (χ3n) is 4.88. The SMILES string of the molecule is COc1ccc(-n2c(-c3cc(OC)c(OC)c(OC)c3)c(C#N)c3nccn32)cc1. The largest absolute Gasteiger partial charge is 0.497 e. The van der Waals surface area contributed by atoms with Gasteiger partial charge in [0.2, 0.25) is 5.75 Å². The lowest BCUT2D eigenvalue weighted by molar-refractivity contribution is 0.324. The van der Waals surface area contributed by atoms with Gasteiger partial charge < -0.3 is 18.9 Å². The maximum atomic E-state index is 9.97. The Morgan fingerprint density at radius 3 is 2.10 bits per heavy atom. The minimum atomic E-state index is 0.435. The summed E-state index contributed by atoms with van der Waals surface area (Å²) in [6.07, 6.45) is 3.47. The molecule has 0 amide bonds. The Balaban J connectivity index is 2.06. The van der Waals surface area contributed by atoms with Gasteiger partial charge in [-0.2, -0.15) is 5.26 Å². The molecule has 8 heteroatoms. The summed E-state index contributed by atoms with van der Waals surface area (Å²) in [6.45, 7) is 0. The average molecular weight is 404 g/mol. The van der Waals surface area contributed by atoms with E-state index in [-0.39, 0.29) is 0 Å². The first kappa shape index (κ1) is 19.2. The second-order valence-electron chi connectivity index (χ2n) is 6.35. The summed E-state index contributed by atoms with van der Waals surface area (Å²) in [6, 6.07) is 13.5. The highest BCUT2D eigenvalue weighted by molar-refractivity contribution is 5.80. The molecule has 0 radical (unpaired) electrons. The Bertz CT molecular complexity index is 1220. The van der Waals surface area contributed by atoms with Crippen LogP contribution in [-0.2, 0) is 0 Å². The summed E-state index contributed by atoms with van der Waals surface area (Å²) >= 11 is 0. The summed E-state index contributed by atoms with van der Waals surface area (Å²) < 4.78 is 25.5. The van der Waals surface area contributed by atoms with Crippen LogP contribution in [0.5, 0.6) is 23.0 Å². The number of methoxy groups -OCH3 is 4. The zero-order valence-corrected chi connectivity index (χ0v) is 17.0. The Morgan fingerprint density at radius 1 is 0.900 bits per heavy atom. The Hall–Kier alpha value is -4.12. The van der Waals surface area contributed by atoms with Gasteiger partial charge in [0.1, 0.15) is 17.4 Å². The maximum Gasteiger partial charge on any atom is 0.203 e. The summed E-state index contributed by atoms with van der Waals surface area (Å²) in [5.41, 5.74) is 3.21. The molecule has 30 heavy (non-hydrogen) atoms. The van der Waals surface area contributed by atoms with Crippen LogP contribution in [0.25, 0.3) is 22.6 Å². The molecule has 2 aromatic heterocycles. The molecule has 0 unspecified atom stereocenters. The molecular formula is C22H20N4O4. The number of nitriles is 1. The Labute approximate surface area is 173 Å². The topological polar surface area (TPSA) is 82.9 Å². The van der Waals surface area contributed by atoms with Crippen LogP contribution in [0.4, 0.5) is 0 Å². The lowest BCUT2D eigenvalue weighted by atomic mass is 10.1. The lowest BCUT2D eigenvalue weighted by Gasteiger charge is -2.16. The average Bonchev–Trinajstić information content (AvgIpc) is 3.38. The van der Waals surface area contributed by atoms with Crippen molar-refractivity contribution in [1.82, 2.24) is 14.2 Å². The molecule has 0 spiro atoms. The van der Waals surface area contributed by atoms with Crippen molar-refractivity contribution in [2.24, 2.45) is 0 Å². The van der Waals surface area contributed by atoms with Crippen molar-refractivity contribution < 1.29 is 18.9 Å². The number of fused-ring (bicyclic) bond motifs is 1. The van der Waals surface area contributed by atoms with Crippen LogP contribution in [-0.4, -0.2) is 42.6 Å². The molecule has 0 bridgehead atoms. The van der Waals surface area contributed by atoms with Crippen LogP contribution in [0.3, 0.4) is 0 Å². The molecule has 4 aromatic rings. The highest BCUT2D eigenvalue weighted by Gasteiger charge is 2.24. The number of hydrogen-bond donors (Lipinski definition) is 0. The van der Waals surface area contributed by atoms with Crippen molar-refractivity contribution in [3.8, 4) is 46.0 Å². The third-order valence-corrected chi connectivity index (χ3v) is 4.88. The van der Waals surface area contributed by atoms with Gasteiger partial charge in [-0.15, -0.1) is 0 Å². The smallest absolute Gasteiger partial charge is 0.203 e. The fourth-order valence-electron chi connectivity index (χ4n) is 3.52. The van der Waals surface area contributed by atoms with E-state index in [0.717, 1.165) is 17.0 Å². The molecule has 0 aliphatic heterocycles. The zero-order chi connectivity index (χ0) is 21.3. The molecule has 0 atom stereocenters. The minimum absolute atomic E-state index is 0.435. The van der Waals surface area contributed by atoms with Crippen molar-refractivity contribution in [2.75, 3.05) is 28.4 Å². The molecule has 2 aromatic carbocycles. The van der Waals surface area contributed by atoms with Crippen molar-refractivity contribution in [3.05, 3.63) is 54.4 Å². The quantitative estimate of drug-likeness (QED) is 0.487. The van der Waals surface area contributed by atoms with Gasteiger partial charge >= 0.3 is 0 Å². The first-order chi connectivity index (χ1) is 14.7. The third kappa shape index (κ3) is 2.88. The van der Waals surface area contributed by atoms with E-state index in [2.05, 4.69) is 11.1 Å². The molecule has 0 fully saturated rings. The van der Waals surface area contributed by atoms with Crippen molar-refractivity contribution >= 4 is 5.65 Å². The standard InChI is InChI=1S/C22H20N4O4/c1-27-16-7-5-15(6-8-16)26-20(17(13-23)22-24-9-10-25(22)26)14-11-18(28-2)21(30-4)19(12-14)29-3/h5-12H,1-4H3. The minimum Gasteiger partial charge on any atom is -0.497 e. The van der Waals surface area contributed by atoms with E-state index in [9.17, 15) is 5.26 Å². The number of benzene rings is 2. The predicted molar refractivity (Wildman–Crippen MR) is 111 cm³/mol. The van der Waals surface area contributed by atoms with E-state index in [1.807, 2.05) is 51.8 Å². The van der Waals surface area contributed by atoms with Gasteiger partial charge in [-0.3, -0.25) is 0 Å². The molecule has 0 saturated heterocycles. The number of imidazole rings is 1. The Kier molecular flexibility index (Phi) is 4.94. The molecule has 0 N–H and O–H groups in total. The van der Waals surface area contributed by atoms with E-state index in [4.69, 9.17) is 18.9 Å². The van der Waals surface area contributed by atoms with Gasteiger partial charge in [0.25, 0.3) is 0 Å². The Morgan fingerprint density at radius 2 is 1.57 bits per heavy atom. The molecule has 2 heterocycles. The van der Waals surface area contributed by atoms with Gasteiger partial charge in [0.05, 0.1) is 39.8 Å². The second-order valence-corrected chi connectivity index (χ2v) is 6.35. The number of ether oxygens (including phenoxy) is 4. The molecule has 152 valence electrons.